The molecule has 0 radical (unpaired) electrons. The number of pyridine rings is 1. The number of nitrogens with zero attached hydrogens (tertiary/aromatic N) is 1. The summed E-state index contributed by atoms with van der Waals surface area (Å²) in [6.45, 7) is 0. The minimum Gasteiger partial charge on any atom is -0.457 e. The average molecular weight is 494 g/mol. The van der Waals surface area contributed by atoms with Gasteiger partial charge in [0.25, 0.3) is 11.8 Å². The molecule has 5 rings (SSSR count). The Morgan fingerprint density at radius 2 is 1.54 bits per heavy atom. The molecule has 1 aliphatic rings. The van der Waals surface area contributed by atoms with E-state index >= 15 is 0 Å². The fourth-order valence-electron chi connectivity index (χ4n) is 4.38. The van der Waals surface area contributed by atoms with E-state index in [1.54, 1.807) is 37.5 Å². The van der Waals surface area contributed by atoms with Crippen LogP contribution < -0.4 is 20.1 Å². The number of aryl methyl sites for hydroxylation is 1. The zero-order chi connectivity index (χ0) is 25.6. The summed E-state index contributed by atoms with van der Waals surface area (Å²) in [4.78, 5) is 29.0. The van der Waals surface area contributed by atoms with Gasteiger partial charge < -0.3 is 20.1 Å². The number of rotatable bonds is 7. The molecule has 1 heterocycles. The molecule has 0 saturated heterocycles. The van der Waals surface area contributed by atoms with Crippen molar-refractivity contribution in [1.82, 2.24) is 15.6 Å². The van der Waals surface area contributed by atoms with E-state index in [1.807, 2.05) is 54.6 Å². The number of nitrogens with one attached hydrogen (secondary N) is 2. The number of carbonyl (C=O) groups excluding carboxylic acids is 2. The van der Waals surface area contributed by atoms with Crippen LogP contribution in [0.4, 0.5) is 0 Å². The third-order valence-corrected chi connectivity index (χ3v) is 6.24. The number of fused-ring (bicyclic) bond motifs is 1. The van der Waals surface area contributed by atoms with Gasteiger partial charge in [0.05, 0.1) is 0 Å². The van der Waals surface area contributed by atoms with Crippen LogP contribution in [0.25, 0.3) is 0 Å². The normalized spacial score (nSPS) is 14.2. The number of benzene rings is 3. The highest BCUT2D eigenvalue weighted by Crippen LogP contribution is 2.29. The first-order valence-electron chi connectivity index (χ1n) is 12.2. The third-order valence-electron chi connectivity index (χ3n) is 6.24. The standard InChI is InChI=1S/C30H27N3O4/c1-31-30(35)28-19-27(14-15-32-28)37-26-13-11-20-10-12-23(16-22(20)18-26)33-29(34)21-6-5-9-25(17-21)36-24-7-3-2-4-8-24/h2-9,11,13-15,17-19,23H,10,12,16H2,1H3,(H,31,35)(H,33,34). The van der Waals surface area contributed by atoms with Gasteiger partial charge in [-0.2, -0.15) is 0 Å². The number of hydrogen-bond donors (Lipinski definition) is 2. The van der Waals surface area contributed by atoms with E-state index in [0.29, 0.717) is 34.9 Å². The first-order valence-corrected chi connectivity index (χ1v) is 12.2. The van der Waals surface area contributed by atoms with Crippen molar-refractivity contribution in [2.45, 2.75) is 25.3 Å². The van der Waals surface area contributed by atoms with Crippen molar-refractivity contribution in [2.24, 2.45) is 0 Å². The van der Waals surface area contributed by atoms with Crippen LogP contribution in [-0.4, -0.2) is 29.9 Å². The van der Waals surface area contributed by atoms with Gasteiger partial charge in [-0.25, -0.2) is 0 Å². The Bertz CT molecular complexity index is 1420. The number of hydrogen-bond acceptors (Lipinski definition) is 5. The van der Waals surface area contributed by atoms with Crippen LogP contribution in [0, 0.1) is 0 Å². The Balaban J connectivity index is 1.24. The Hall–Kier alpha value is -4.65. The summed E-state index contributed by atoms with van der Waals surface area (Å²) in [5, 5.41) is 5.74. The number of para-hydroxylation sites is 1. The summed E-state index contributed by atoms with van der Waals surface area (Å²) in [5.41, 5.74) is 3.23. The summed E-state index contributed by atoms with van der Waals surface area (Å²) in [7, 11) is 1.56. The summed E-state index contributed by atoms with van der Waals surface area (Å²) in [6.07, 6.45) is 3.98. The Morgan fingerprint density at radius 1 is 0.784 bits per heavy atom. The lowest BCUT2D eigenvalue weighted by Gasteiger charge is -2.26. The maximum absolute atomic E-state index is 13.0. The molecule has 2 amide bonds. The van der Waals surface area contributed by atoms with Gasteiger partial charge in [-0.3, -0.25) is 14.6 Å². The molecule has 0 fully saturated rings. The highest BCUT2D eigenvalue weighted by Gasteiger charge is 2.22. The molecule has 4 aromatic rings. The Labute approximate surface area is 215 Å². The Morgan fingerprint density at radius 3 is 2.38 bits per heavy atom. The lowest BCUT2D eigenvalue weighted by molar-refractivity contribution is 0.0931. The molecule has 7 heteroatoms. The van der Waals surface area contributed by atoms with Crippen LogP contribution in [0.2, 0.25) is 0 Å². The van der Waals surface area contributed by atoms with Gasteiger partial charge in [0.2, 0.25) is 0 Å². The summed E-state index contributed by atoms with van der Waals surface area (Å²) >= 11 is 0. The number of ether oxygens (including phenoxy) is 2. The fraction of sp³-hybridized carbons (Fsp3) is 0.167. The topological polar surface area (TPSA) is 89.6 Å². The van der Waals surface area contributed by atoms with Crippen molar-refractivity contribution in [2.75, 3.05) is 7.05 Å². The maximum Gasteiger partial charge on any atom is 0.269 e. The maximum atomic E-state index is 13.0. The van der Waals surface area contributed by atoms with Crippen LogP contribution in [0.15, 0.2) is 91.1 Å². The predicted molar refractivity (Wildman–Crippen MR) is 140 cm³/mol. The van der Waals surface area contributed by atoms with Crippen LogP contribution in [-0.2, 0) is 12.8 Å². The van der Waals surface area contributed by atoms with Crippen molar-refractivity contribution in [3.63, 3.8) is 0 Å². The average Bonchev–Trinajstić information content (AvgIpc) is 2.93. The van der Waals surface area contributed by atoms with E-state index in [1.165, 1.54) is 5.56 Å². The molecule has 1 aromatic heterocycles. The second-order valence-electron chi connectivity index (χ2n) is 8.84. The molecule has 2 N–H and O–H groups in total. The number of carbonyl (C=O) groups is 2. The smallest absolute Gasteiger partial charge is 0.269 e. The molecule has 7 nitrogen and oxygen atoms in total. The summed E-state index contributed by atoms with van der Waals surface area (Å²) < 4.78 is 11.9. The highest BCUT2D eigenvalue weighted by atomic mass is 16.5. The monoisotopic (exact) mass is 493 g/mol. The fourth-order valence-corrected chi connectivity index (χ4v) is 4.38. The Kier molecular flexibility index (Phi) is 7.12. The zero-order valence-electron chi connectivity index (χ0n) is 20.4. The minimum atomic E-state index is -0.272. The minimum absolute atomic E-state index is 0.00901. The quantitative estimate of drug-likeness (QED) is 0.364. The van der Waals surface area contributed by atoms with E-state index < -0.39 is 0 Å². The second-order valence-corrected chi connectivity index (χ2v) is 8.84. The van der Waals surface area contributed by atoms with Crippen molar-refractivity contribution in [3.8, 4) is 23.0 Å². The zero-order valence-corrected chi connectivity index (χ0v) is 20.4. The molecule has 0 bridgehead atoms. The molecule has 0 spiro atoms. The molecule has 3 aromatic carbocycles. The van der Waals surface area contributed by atoms with Gasteiger partial charge in [-0.05, 0) is 78.9 Å². The second kappa shape index (κ2) is 11.0. The van der Waals surface area contributed by atoms with E-state index in [-0.39, 0.29) is 17.9 Å². The van der Waals surface area contributed by atoms with E-state index in [4.69, 9.17) is 9.47 Å². The molecule has 0 saturated carbocycles. The predicted octanol–water partition coefficient (Wildman–Crippen LogP) is 5.31. The molecule has 0 aliphatic heterocycles. The molecule has 186 valence electrons. The van der Waals surface area contributed by atoms with Gasteiger partial charge in [0, 0.05) is 30.9 Å². The van der Waals surface area contributed by atoms with Gasteiger partial charge >= 0.3 is 0 Å². The van der Waals surface area contributed by atoms with Gasteiger partial charge in [0.15, 0.2) is 0 Å². The van der Waals surface area contributed by atoms with Crippen molar-refractivity contribution in [1.29, 1.82) is 0 Å². The van der Waals surface area contributed by atoms with Gasteiger partial charge in [-0.1, -0.05) is 30.3 Å². The van der Waals surface area contributed by atoms with Crippen molar-refractivity contribution >= 4 is 11.8 Å². The highest BCUT2D eigenvalue weighted by molar-refractivity contribution is 5.95. The van der Waals surface area contributed by atoms with Crippen LogP contribution in [0.5, 0.6) is 23.0 Å². The van der Waals surface area contributed by atoms with Crippen molar-refractivity contribution in [3.05, 3.63) is 114 Å². The molecular formula is C30H27N3O4. The largest absolute Gasteiger partial charge is 0.457 e. The molecular weight excluding hydrogens is 466 g/mol. The first-order chi connectivity index (χ1) is 18.1. The van der Waals surface area contributed by atoms with Crippen LogP contribution in [0.1, 0.15) is 38.4 Å². The molecule has 37 heavy (non-hydrogen) atoms. The van der Waals surface area contributed by atoms with E-state index in [2.05, 4.69) is 21.7 Å². The lowest BCUT2D eigenvalue weighted by atomic mass is 9.88. The third kappa shape index (κ3) is 5.95. The molecule has 1 aliphatic carbocycles. The number of aromatic nitrogens is 1. The van der Waals surface area contributed by atoms with Crippen LogP contribution >= 0.6 is 0 Å². The van der Waals surface area contributed by atoms with Gasteiger partial charge in [0.1, 0.15) is 28.7 Å². The lowest BCUT2D eigenvalue weighted by Crippen LogP contribution is -2.38. The number of amides is 2. The van der Waals surface area contributed by atoms with E-state index in [0.717, 1.165) is 24.2 Å². The van der Waals surface area contributed by atoms with Crippen LogP contribution in [0.3, 0.4) is 0 Å². The first kappa shape index (κ1) is 24.1. The van der Waals surface area contributed by atoms with E-state index in [9.17, 15) is 9.59 Å². The SMILES string of the molecule is CNC(=O)c1cc(Oc2ccc3c(c2)CC(NC(=O)c2cccc(Oc4ccccc4)c2)CC3)ccn1. The van der Waals surface area contributed by atoms with Gasteiger partial charge in [-0.15, -0.1) is 0 Å². The molecule has 1 unspecified atom stereocenters. The summed E-state index contributed by atoms with van der Waals surface area (Å²) in [5.74, 6) is 2.14. The molecule has 1 atom stereocenters. The van der Waals surface area contributed by atoms with Crippen molar-refractivity contribution < 1.29 is 19.1 Å². The summed E-state index contributed by atoms with van der Waals surface area (Å²) in [6, 6.07) is 26.0.